The van der Waals surface area contributed by atoms with E-state index in [4.69, 9.17) is 5.73 Å². The van der Waals surface area contributed by atoms with E-state index in [1.165, 1.54) is 6.33 Å². The van der Waals surface area contributed by atoms with E-state index in [1.54, 1.807) is 6.33 Å². The molecule has 7 heteroatoms. The molecule has 0 saturated carbocycles. The minimum atomic E-state index is -0.220. The molecule has 0 amide bonds. The van der Waals surface area contributed by atoms with Gasteiger partial charge in [0.1, 0.15) is 24.3 Å². The first-order valence-electron chi connectivity index (χ1n) is 5.28. The van der Waals surface area contributed by atoms with Gasteiger partial charge in [-0.2, -0.15) is 10.2 Å². The van der Waals surface area contributed by atoms with E-state index >= 15 is 0 Å². The van der Waals surface area contributed by atoms with Gasteiger partial charge in [0.05, 0.1) is 6.04 Å². The number of H-pyrrole nitrogens is 1. The van der Waals surface area contributed by atoms with Gasteiger partial charge in [-0.25, -0.2) is 9.97 Å². The fourth-order valence-corrected chi connectivity index (χ4v) is 1.53. The number of aryl methyl sites for hydroxylation is 1. The molecule has 0 bridgehead atoms. The summed E-state index contributed by atoms with van der Waals surface area (Å²) in [7, 11) is 0. The molecule has 86 valence electrons. The third kappa shape index (κ3) is 2.25. The van der Waals surface area contributed by atoms with Crippen molar-refractivity contribution >= 4 is 0 Å². The molecule has 2 aromatic heterocycles. The van der Waals surface area contributed by atoms with Crippen LogP contribution >= 0.6 is 0 Å². The smallest absolute Gasteiger partial charge is 0.141 e. The lowest BCUT2D eigenvalue weighted by atomic mass is 10.2. The van der Waals surface area contributed by atoms with E-state index < -0.39 is 0 Å². The van der Waals surface area contributed by atoms with Crippen molar-refractivity contribution in [3.8, 4) is 0 Å². The minimum Gasteiger partial charge on any atom is -0.321 e. The molecule has 0 radical (unpaired) electrons. The molecular weight excluding hydrogens is 206 g/mol. The Balaban J connectivity index is 2.06. The maximum absolute atomic E-state index is 5.98. The molecule has 0 saturated heterocycles. The Morgan fingerprint density at radius 1 is 1.44 bits per heavy atom. The maximum Gasteiger partial charge on any atom is 0.141 e. The van der Waals surface area contributed by atoms with Crippen LogP contribution in [0.4, 0.5) is 0 Å². The van der Waals surface area contributed by atoms with Crippen molar-refractivity contribution in [1.82, 2.24) is 29.9 Å². The van der Waals surface area contributed by atoms with E-state index in [9.17, 15) is 0 Å². The Morgan fingerprint density at radius 2 is 2.31 bits per heavy atom. The van der Waals surface area contributed by atoms with Gasteiger partial charge in [-0.15, -0.1) is 0 Å². The first-order chi connectivity index (χ1) is 7.81. The number of nitrogens with two attached hydrogens (primary N) is 1. The number of nitrogens with one attached hydrogen (secondary N) is 1. The zero-order valence-electron chi connectivity index (χ0n) is 9.17. The fourth-order valence-electron chi connectivity index (χ4n) is 1.53. The summed E-state index contributed by atoms with van der Waals surface area (Å²) in [5.41, 5.74) is 5.98. The zero-order chi connectivity index (χ0) is 11.4. The van der Waals surface area contributed by atoms with Crippen LogP contribution in [0.15, 0.2) is 12.7 Å². The fraction of sp³-hybridized carbons (Fsp3) is 0.556. The van der Waals surface area contributed by atoms with Gasteiger partial charge in [0.15, 0.2) is 0 Å². The predicted octanol–water partition coefficient (Wildman–Crippen LogP) is 0.0487. The van der Waals surface area contributed by atoms with Crippen molar-refractivity contribution in [3.63, 3.8) is 0 Å². The topological polar surface area (TPSA) is 98.3 Å². The summed E-state index contributed by atoms with van der Waals surface area (Å²) in [4.78, 5) is 8.22. The van der Waals surface area contributed by atoms with Gasteiger partial charge in [-0.05, 0) is 6.42 Å². The first-order valence-corrected chi connectivity index (χ1v) is 5.28. The first kappa shape index (κ1) is 10.7. The van der Waals surface area contributed by atoms with Gasteiger partial charge in [-0.3, -0.25) is 9.78 Å². The number of rotatable bonds is 5. The van der Waals surface area contributed by atoms with Crippen LogP contribution in [0.2, 0.25) is 0 Å². The van der Waals surface area contributed by atoms with Gasteiger partial charge in [0, 0.05) is 13.0 Å². The molecule has 0 aromatic carbocycles. The van der Waals surface area contributed by atoms with E-state index in [0.29, 0.717) is 12.2 Å². The molecule has 2 heterocycles. The lowest BCUT2D eigenvalue weighted by molar-refractivity contribution is 0.541. The average Bonchev–Trinajstić information content (AvgIpc) is 2.90. The summed E-state index contributed by atoms with van der Waals surface area (Å²) in [6.07, 6.45) is 4.63. The Hall–Kier alpha value is -1.76. The number of aromatic nitrogens is 6. The molecule has 2 rings (SSSR count). The van der Waals surface area contributed by atoms with Crippen molar-refractivity contribution < 1.29 is 0 Å². The number of aromatic amines is 1. The third-order valence-electron chi connectivity index (χ3n) is 2.32. The van der Waals surface area contributed by atoms with Crippen molar-refractivity contribution in [2.45, 2.75) is 32.4 Å². The van der Waals surface area contributed by atoms with Gasteiger partial charge in [0.2, 0.25) is 0 Å². The summed E-state index contributed by atoms with van der Waals surface area (Å²) in [5, 5.41) is 10.7. The minimum absolute atomic E-state index is 0.220. The van der Waals surface area contributed by atoms with E-state index in [2.05, 4.69) is 32.2 Å². The highest BCUT2D eigenvalue weighted by molar-refractivity contribution is 4.97. The van der Waals surface area contributed by atoms with Gasteiger partial charge >= 0.3 is 0 Å². The van der Waals surface area contributed by atoms with Crippen molar-refractivity contribution in [3.05, 3.63) is 24.3 Å². The van der Waals surface area contributed by atoms with Gasteiger partial charge in [0.25, 0.3) is 0 Å². The maximum atomic E-state index is 5.98. The highest BCUT2D eigenvalue weighted by Gasteiger charge is 2.13. The second-order valence-corrected chi connectivity index (χ2v) is 3.58. The molecule has 0 spiro atoms. The summed E-state index contributed by atoms with van der Waals surface area (Å²) < 4.78 is 1.87. The quantitative estimate of drug-likeness (QED) is 0.743. The van der Waals surface area contributed by atoms with Crippen molar-refractivity contribution in [2.24, 2.45) is 5.73 Å². The predicted molar refractivity (Wildman–Crippen MR) is 57.3 cm³/mol. The molecule has 0 aliphatic heterocycles. The highest BCUT2D eigenvalue weighted by atomic mass is 15.3. The van der Waals surface area contributed by atoms with Crippen LogP contribution in [0, 0.1) is 0 Å². The van der Waals surface area contributed by atoms with Crippen LogP contribution in [-0.4, -0.2) is 29.9 Å². The van der Waals surface area contributed by atoms with E-state index in [-0.39, 0.29) is 6.04 Å². The van der Waals surface area contributed by atoms with E-state index in [1.807, 2.05) is 4.68 Å². The third-order valence-corrected chi connectivity index (χ3v) is 2.32. The van der Waals surface area contributed by atoms with Crippen LogP contribution in [-0.2, 0) is 13.0 Å². The molecule has 0 fully saturated rings. The Bertz CT molecular complexity index is 419. The lowest BCUT2D eigenvalue weighted by Gasteiger charge is -2.08. The Kier molecular flexibility index (Phi) is 3.25. The molecular formula is C9H15N7. The number of hydrogen-bond acceptors (Lipinski definition) is 5. The molecule has 0 aliphatic carbocycles. The monoisotopic (exact) mass is 221 g/mol. The largest absolute Gasteiger partial charge is 0.321 e. The van der Waals surface area contributed by atoms with Crippen LogP contribution in [0.1, 0.15) is 31.0 Å². The molecule has 1 unspecified atom stereocenters. The Labute approximate surface area is 93.1 Å². The van der Waals surface area contributed by atoms with Gasteiger partial charge < -0.3 is 5.73 Å². The average molecular weight is 221 g/mol. The Morgan fingerprint density at radius 3 is 3.00 bits per heavy atom. The SMILES string of the molecule is CCCn1ncnc1CC(N)c1ncn[nH]1. The molecule has 16 heavy (non-hydrogen) atoms. The molecule has 2 aromatic rings. The van der Waals surface area contributed by atoms with Crippen LogP contribution in [0.25, 0.3) is 0 Å². The molecule has 1 atom stereocenters. The number of nitrogens with zero attached hydrogens (tertiary/aromatic N) is 5. The van der Waals surface area contributed by atoms with Crippen LogP contribution < -0.4 is 5.73 Å². The van der Waals surface area contributed by atoms with Crippen LogP contribution in [0.3, 0.4) is 0 Å². The normalized spacial score (nSPS) is 12.9. The lowest BCUT2D eigenvalue weighted by Crippen LogP contribution is -2.18. The summed E-state index contributed by atoms with van der Waals surface area (Å²) in [6.45, 7) is 2.96. The standard InChI is InChI=1S/C9H15N7/c1-2-3-16-8(11-6-14-16)4-7(10)9-12-5-13-15-9/h5-7H,2-4,10H2,1H3,(H,12,13,15). The summed E-state index contributed by atoms with van der Waals surface area (Å²) >= 11 is 0. The number of hydrogen-bond donors (Lipinski definition) is 2. The van der Waals surface area contributed by atoms with E-state index in [0.717, 1.165) is 18.8 Å². The highest BCUT2D eigenvalue weighted by Crippen LogP contribution is 2.09. The zero-order valence-corrected chi connectivity index (χ0v) is 9.17. The van der Waals surface area contributed by atoms with Gasteiger partial charge in [-0.1, -0.05) is 6.92 Å². The second kappa shape index (κ2) is 4.84. The summed E-state index contributed by atoms with van der Waals surface area (Å²) in [5.74, 6) is 1.55. The summed E-state index contributed by atoms with van der Waals surface area (Å²) in [6, 6.07) is -0.220. The van der Waals surface area contributed by atoms with Crippen LogP contribution in [0.5, 0.6) is 0 Å². The second-order valence-electron chi connectivity index (χ2n) is 3.58. The molecule has 7 nitrogen and oxygen atoms in total. The van der Waals surface area contributed by atoms with Crippen molar-refractivity contribution in [2.75, 3.05) is 0 Å². The molecule has 0 aliphatic rings. The van der Waals surface area contributed by atoms with Crippen molar-refractivity contribution in [1.29, 1.82) is 0 Å². The molecule has 3 N–H and O–H groups in total.